The van der Waals surface area contributed by atoms with Gasteiger partial charge in [0.2, 0.25) is 10.0 Å². The second-order valence-electron chi connectivity index (χ2n) is 5.62. The van der Waals surface area contributed by atoms with Crippen LogP contribution in [0.15, 0.2) is 34.2 Å². The van der Waals surface area contributed by atoms with Crippen LogP contribution >= 0.6 is 0 Å². The molecule has 6 nitrogen and oxygen atoms in total. The zero-order valence-corrected chi connectivity index (χ0v) is 15.2. The Labute approximate surface area is 139 Å². The van der Waals surface area contributed by atoms with E-state index in [1.807, 2.05) is 27.7 Å². The molecule has 3 N–H and O–H groups in total. The number of nitrogens with one attached hydrogen (secondary N) is 3. The molecule has 0 aliphatic carbocycles. The molecule has 0 aliphatic rings. The summed E-state index contributed by atoms with van der Waals surface area (Å²) in [6.45, 7) is 10.5. The molecule has 0 saturated heterocycles. The van der Waals surface area contributed by atoms with Crippen molar-refractivity contribution in [3.8, 4) is 0 Å². The zero-order chi connectivity index (χ0) is 17.3. The molecule has 0 unspecified atom stereocenters. The van der Waals surface area contributed by atoms with Gasteiger partial charge < -0.3 is 10.6 Å². The molecule has 0 aliphatic heterocycles. The van der Waals surface area contributed by atoms with Crippen LogP contribution in [0, 0.1) is 5.92 Å². The molecule has 0 spiro atoms. The lowest BCUT2D eigenvalue weighted by molar-refractivity contribution is 0.560. The molecule has 1 aromatic rings. The maximum atomic E-state index is 12.1. The maximum absolute atomic E-state index is 12.1. The topological polar surface area (TPSA) is 82.6 Å². The van der Waals surface area contributed by atoms with Crippen molar-refractivity contribution >= 4 is 16.0 Å². The summed E-state index contributed by atoms with van der Waals surface area (Å²) in [5, 5.41) is 6.30. The smallest absolute Gasteiger partial charge is 0.240 e. The first-order valence-electron chi connectivity index (χ1n) is 7.99. The van der Waals surface area contributed by atoms with Gasteiger partial charge in [-0.2, -0.15) is 0 Å². The monoisotopic (exact) mass is 340 g/mol. The number of sulfonamides is 1. The van der Waals surface area contributed by atoms with Crippen molar-refractivity contribution in [3.05, 3.63) is 29.8 Å². The fourth-order valence-electron chi connectivity index (χ4n) is 1.81. The molecule has 1 aromatic carbocycles. The second-order valence-corrected chi connectivity index (χ2v) is 7.38. The van der Waals surface area contributed by atoms with Gasteiger partial charge in [0, 0.05) is 19.6 Å². The minimum absolute atomic E-state index is 0.272. The minimum Gasteiger partial charge on any atom is -0.357 e. The van der Waals surface area contributed by atoms with E-state index in [0.29, 0.717) is 13.1 Å². The Morgan fingerprint density at radius 3 is 2.13 bits per heavy atom. The molecule has 0 saturated carbocycles. The zero-order valence-electron chi connectivity index (χ0n) is 14.4. The Hall–Kier alpha value is -1.60. The van der Waals surface area contributed by atoms with E-state index in [0.717, 1.165) is 24.6 Å². The molecular weight excluding hydrogens is 312 g/mol. The predicted molar refractivity (Wildman–Crippen MR) is 95.0 cm³/mol. The lowest BCUT2D eigenvalue weighted by Crippen LogP contribution is -2.36. The van der Waals surface area contributed by atoms with Crippen LogP contribution in [-0.4, -0.2) is 34.0 Å². The van der Waals surface area contributed by atoms with Gasteiger partial charge in [0.15, 0.2) is 5.96 Å². The van der Waals surface area contributed by atoms with E-state index in [2.05, 4.69) is 20.3 Å². The van der Waals surface area contributed by atoms with Crippen LogP contribution < -0.4 is 15.4 Å². The summed E-state index contributed by atoms with van der Waals surface area (Å²) in [5.74, 6) is 1.03. The first kappa shape index (κ1) is 19.4. The number of benzene rings is 1. The van der Waals surface area contributed by atoms with Crippen molar-refractivity contribution < 1.29 is 8.42 Å². The molecule has 1 rings (SSSR count). The summed E-state index contributed by atoms with van der Waals surface area (Å²) in [7, 11) is -3.43. The van der Waals surface area contributed by atoms with Crippen LogP contribution in [0.1, 0.15) is 33.3 Å². The molecule has 0 atom stereocenters. The first-order chi connectivity index (χ1) is 10.9. The van der Waals surface area contributed by atoms with Gasteiger partial charge >= 0.3 is 0 Å². The van der Waals surface area contributed by atoms with Gasteiger partial charge in [-0.15, -0.1) is 0 Å². The van der Waals surface area contributed by atoms with Crippen molar-refractivity contribution in [2.75, 3.05) is 19.6 Å². The van der Waals surface area contributed by atoms with Crippen molar-refractivity contribution in [2.24, 2.45) is 10.9 Å². The highest BCUT2D eigenvalue weighted by molar-refractivity contribution is 7.89. The third-order valence-corrected chi connectivity index (χ3v) is 4.46. The third-order valence-electron chi connectivity index (χ3n) is 3.02. The number of guanidine groups is 1. The predicted octanol–water partition coefficient (Wildman–Crippen LogP) is 1.70. The summed E-state index contributed by atoms with van der Waals surface area (Å²) in [6, 6.07) is 6.83. The van der Waals surface area contributed by atoms with Crippen molar-refractivity contribution in [1.82, 2.24) is 15.4 Å². The highest BCUT2D eigenvalue weighted by Gasteiger charge is 2.13. The molecule has 7 heteroatoms. The number of hydrogen-bond donors (Lipinski definition) is 3. The molecule has 0 radical (unpaired) electrons. The fraction of sp³-hybridized carbons (Fsp3) is 0.562. The van der Waals surface area contributed by atoms with Crippen LogP contribution in [0.5, 0.6) is 0 Å². The molecule has 0 aromatic heterocycles. The van der Waals surface area contributed by atoms with Crippen molar-refractivity contribution in [2.45, 2.75) is 39.1 Å². The Morgan fingerprint density at radius 1 is 1.09 bits per heavy atom. The van der Waals surface area contributed by atoms with Crippen LogP contribution in [0.25, 0.3) is 0 Å². The van der Waals surface area contributed by atoms with E-state index in [1.54, 1.807) is 24.3 Å². The molecule has 23 heavy (non-hydrogen) atoms. The van der Waals surface area contributed by atoms with Gasteiger partial charge in [0.05, 0.1) is 11.4 Å². The average Bonchev–Trinajstić information content (AvgIpc) is 2.52. The second kappa shape index (κ2) is 9.52. The highest BCUT2D eigenvalue weighted by atomic mass is 32.2. The van der Waals surface area contributed by atoms with E-state index >= 15 is 0 Å². The van der Waals surface area contributed by atoms with Gasteiger partial charge in [0.1, 0.15) is 0 Å². The van der Waals surface area contributed by atoms with E-state index < -0.39 is 10.0 Å². The van der Waals surface area contributed by atoms with Crippen LogP contribution in [0.4, 0.5) is 0 Å². The minimum atomic E-state index is -3.43. The summed E-state index contributed by atoms with van der Waals surface area (Å²) >= 11 is 0. The largest absolute Gasteiger partial charge is 0.357 e. The Balaban J connectivity index is 2.74. The average molecular weight is 340 g/mol. The standard InChI is InChI=1S/C16H28N4O2S/c1-5-17-16(18-6-2)19-12-14-7-9-15(10-8-14)23(21,22)20-11-13(3)4/h7-10,13,20H,5-6,11-12H2,1-4H3,(H2,17,18,19). The fourth-order valence-corrected chi connectivity index (χ4v) is 3.03. The molecule has 0 fully saturated rings. The van der Waals surface area contributed by atoms with Gasteiger partial charge in [-0.3, -0.25) is 0 Å². The number of aliphatic imine (C=N–C) groups is 1. The van der Waals surface area contributed by atoms with Crippen LogP contribution in [0.2, 0.25) is 0 Å². The Bertz CT molecular complexity index is 587. The number of rotatable bonds is 8. The van der Waals surface area contributed by atoms with E-state index in [4.69, 9.17) is 0 Å². The van der Waals surface area contributed by atoms with Gasteiger partial charge in [-0.05, 0) is 37.5 Å². The molecule has 0 amide bonds. The number of nitrogens with zero attached hydrogens (tertiary/aromatic N) is 1. The number of hydrogen-bond acceptors (Lipinski definition) is 3. The first-order valence-corrected chi connectivity index (χ1v) is 9.48. The molecule has 0 heterocycles. The van der Waals surface area contributed by atoms with E-state index in [9.17, 15) is 8.42 Å². The quantitative estimate of drug-likeness (QED) is 0.497. The summed E-state index contributed by atoms with van der Waals surface area (Å²) < 4.78 is 26.9. The van der Waals surface area contributed by atoms with Crippen LogP contribution in [-0.2, 0) is 16.6 Å². The van der Waals surface area contributed by atoms with Crippen LogP contribution in [0.3, 0.4) is 0 Å². The van der Waals surface area contributed by atoms with Gasteiger partial charge in [-0.25, -0.2) is 18.1 Å². The lowest BCUT2D eigenvalue weighted by atomic mass is 10.2. The van der Waals surface area contributed by atoms with Crippen molar-refractivity contribution in [3.63, 3.8) is 0 Å². The lowest BCUT2D eigenvalue weighted by Gasteiger charge is -2.10. The SMILES string of the molecule is CCNC(=NCc1ccc(S(=O)(=O)NCC(C)C)cc1)NCC. The van der Waals surface area contributed by atoms with Gasteiger partial charge in [-0.1, -0.05) is 26.0 Å². The summed E-state index contributed by atoms with van der Waals surface area (Å²) in [4.78, 5) is 4.74. The normalized spacial score (nSPS) is 11.3. The Kier molecular flexibility index (Phi) is 8.05. The highest BCUT2D eigenvalue weighted by Crippen LogP contribution is 2.11. The summed E-state index contributed by atoms with van der Waals surface area (Å²) in [6.07, 6.45) is 0. The van der Waals surface area contributed by atoms with Gasteiger partial charge in [0.25, 0.3) is 0 Å². The van der Waals surface area contributed by atoms with Crippen molar-refractivity contribution in [1.29, 1.82) is 0 Å². The Morgan fingerprint density at radius 2 is 1.65 bits per heavy atom. The van der Waals surface area contributed by atoms with E-state index in [-0.39, 0.29) is 10.8 Å². The third kappa shape index (κ3) is 7.00. The maximum Gasteiger partial charge on any atom is 0.240 e. The molecular formula is C16H28N4O2S. The molecule has 0 bridgehead atoms. The summed E-state index contributed by atoms with van der Waals surface area (Å²) in [5.41, 5.74) is 0.959. The molecule has 130 valence electrons. The van der Waals surface area contributed by atoms with E-state index in [1.165, 1.54) is 0 Å².